The molecule has 10 heteroatoms. The number of nitrogens with one attached hydrogen (secondary N) is 1. The van der Waals surface area contributed by atoms with Crippen LogP contribution in [0.2, 0.25) is 0 Å². The molecule has 0 bridgehead atoms. The Balaban J connectivity index is 0.000000306. The number of aryl methyl sites for hydroxylation is 2. The summed E-state index contributed by atoms with van der Waals surface area (Å²) >= 11 is 0. The predicted molar refractivity (Wildman–Crippen MR) is 129 cm³/mol. The molecule has 1 aromatic carbocycles. The van der Waals surface area contributed by atoms with Gasteiger partial charge in [0.15, 0.2) is 5.65 Å². The van der Waals surface area contributed by atoms with Crippen LogP contribution in [0.1, 0.15) is 11.5 Å². The van der Waals surface area contributed by atoms with E-state index in [0.29, 0.717) is 0 Å². The first-order valence-corrected chi connectivity index (χ1v) is 10.3. The molecule has 0 atom stereocenters. The summed E-state index contributed by atoms with van der Waals surface area (Å²) in [5.41, 5.74) is 5.05. The topological polar surface area (TPSA) is 103 Å². The van der Waals surface area contributed by atoms with Crippen LogP contribution in [0.5, 0.6) is 0 Å². The SMILES string of the molecule is C=O.CNc1cn2nc(-c3c(-c4ccc(F)cc4)nc(C)n3C)ccc2n1.Cc1ccncn1. The molecule has 0 fully saturated rings. The van der Waals surface area contributed by atoms with Crippen LogP contribution >= 0.6 is 0 Å². The molecule has 4 heterocycles. The molecule has 0 amide bonds. The highest BCUT2D eigenvalue weighted by Crippen LogP contribution is 2.31. The molecule has 0 saturated carbocycles. The Hall–Kier alpha value is -4.47. The van der Waals surface area contributed by atoms with Crippen molar-refractivity contribution in [1.29, 1.82) is 0 Å². The van der Waals surface area contributed by atoms with Gasteiger partial charge in [-0.05, 0) is 56.3 Å². The molecular formula is C24H25FN8O. The maximum absolute atomic E-state index is 13.3. The predicted octanol–water partition coefficient (Wildman–Crippen LogP) is 3.89. The molecular weight excluding hydrogens is 435 g/mol. The van der Waals surface area contributed by atoms with Crippen molar-refractivity contribution in [3.05, 3.63) is 78.5 Å². The van der Waals surface area contributed by atoms with Crippen molar-refractivity contribution in [3.63, 3.8) is 0 Å². The van der Waals surface area contributed by atoms with E-state index in [4.69, 9.17) is 4.79 Å². The maximum atomic E-state index is 13.3. The number of hydrogen-bond acceptors (Lipinski definition) is 7. The minimum atomic E-state index is -0.268. The highest BCUT2D eigenvalue weighted by molar-refractivity contribution is 5.77. The quantitative estimate of drug-likeness (QED) is 0.436. The molecule has 1 N–H and O–H groups in total. The zero-order valence-electron chi connectivity index (χ0n) is 19.4. The van der Waals surface area contributed by atoms with Gasteiger partial charge in [0.25, 0.3) is 0 Å². The Labute approximate surface area is 196 Å². The van der Waals surface area contributed by atoms with Gasteiger partial charge < -0.3 is 14.7 Å². The number of hydrogen-bond donors (Lipinski definition) is 1. The molecule has 34 heavy (non-hydrogen) atoms. The Bertz CT molecular complexity index is 1360. The van der Waals surface area contributed by atoms with Crippen molar-refractivity contribution in [2.24, 2.45) is 7.05 Å². The summed E-state index contributed by atoms with van der Waals surface area (Å²) in [6.07, 6.45) is 5.09. The lowest BCUT2D eigenvalue weighted by Gasteiger charge is -2.07. The summed E-state index contributed by atoms with van der Waals surface area (Å²) in [7, 11) is 3.77. The average molecular weight is 461 g/mol. The van der Waals surface area contributed by atoms with E-state index in [1.807, 2.05) is 63.7 Å². The molecule has 4 aromatic heterocycles. The zero-order chi connectivity index (χ0) is 24.7. The largest absolute Gasteiger partial charge is 0.372 e. The van der Waals surface area contributed by atoms with Crippen LogP contribution in [0.3, 0.4) is 0 Å². The first kappa shape index (κ1) is 24.2. The van der Waals surface area contributed by atoms with Gasteiger partial charge in [0, 0.05) is 31.5 Å². The van der Waals surface area contributed by atoms with E-state index < -0.39 is 0 Å². The van der Waals surface area contributed by atoms with Crippen LogP contribution in [-0.2, 0) is 11.8 Å². The Morgan fingerprint density at radius 3 is 2.32 bits per heavy atom. The monoisotopic (exact) mass is 460 g/mol. The van der Waals surface area contributed by atoms with Gasteiger partial charge in [-0.2, -0.15) is 5.10 Å². The molecule has 0 radical (unpaired) electrons. The van der Waals surface area contributed by atoms with Crippen LogP contribution in [-0.4, -0.2) is 48.0 Å². The van der Waals surface area contributed by atoms with E-state index >= 15 is 0 Å². The summed E-state index contributed by atoms with van der Waals surface area (Å²) in [5, 5.41) is 7.68. The van der Waals surface area contributed by atoms with Crippen molar-refractivity contribution in [2.75, 3.05) is 12.4 Å². The standard InChI is InChI=1S/C18H17FN6.C5H6N2.CH2O/c1-11-21-17(12-4-6-13(19)7-5-12)18(24(11)3)14-8-9-16-22-15(20-2)10-25(16)23-14;1-5-2-3-6-4-7-5;1-2/h4-10,20H,1-3H3;2-4H,1H3;1H2. The highest BCUT2D eigenvalue weighted by atomic mass is 19.1. The second-order valence-corrected chi connectivity index (χ2v) is 7.17. The first-order valence-electron chi connectivity index (χ1n) is 10.3. The minimum absolute atomic E-state index is 0.268. The van der Waals surface area contributed by atoms with E-state index in [-0.39, 0.29) is 5.82 Å². The zero-order valence-corrected chi connectivity index (χ0v) is 19.4. The first-order chi connectivity index (χ1) is 16.5. The van der Waals surface area contributed by atoms with E-state index in [0.717, 1.165) is 45.6 Å². The van der Waals surface area contributed by atoms with Crippen molar-refractivity contribution in [1.82, 2.24) is 34.1 Å². The van der Waals surface area contributed by atoms with Gasteiger partial charge in [-0.3, -0.25) is 0 Å². The summed E-state index contributed by atoms with van der Waals surface area (Å²) in [6.45, 7) is 5.87. The fourth-order valence-corrected chi connectivity index (χ4v) is 3.20. The highest BCUT2D eigenvalue weighted by Gasteiger charge is 2.18. The molecule has 0 unspecified atom stereocenters. The van der Waals surface area contributed by atoms with E-state index in [2.05, 4.69) is 30.4 Å². The minimum Gasteiger partial charge on any atom is -0.372 e. The number of carbonyl (C=O) groups is 1. The van der Waals surface area contributed by atoms with E-state index in [9.17, 15) is 4.39 Å². The summed E-state index contributed by atoms with van der Waals surface area (Å²) in [4.78, 5) is 24.7. The lowest BCUT2D eigenvalue weighted by atomic mass is 10.1. The van der Waals surface area contributed by atoms with Gasteiger partial charge in [0.1, 0.15) is 36.3 Å². The molecule has 0 aliphatic rings. The molecule has 0 saturated heterocycles. The van der Waals surface area contributed by atoms with Gasteiger partial charge in [0.05, 0.1) is 17.6 Å². The van der Waals surface area contributed by atoms with E-state index in [1.54, 1.807) is 22.8 Å². The van der Waals surface area contributed by atoms with Crippen molar-refractivity contribution in [2.45, 2.75) is 13.8 Å². The van der Waals surface area contributed by atoms with Gasteiger partial charge >= 0.3 is 0 Å². The van der Waals surface area contributed by atoms with Crippen molar-refractivity contribution >= 4 is 18.3 Å². The fourth-order valence-electron chi connectivity index (χ4n) is 3.20. The Kier molecular flexibility index (Phi) is 7.75. The van der Waals surface area contributed by atoms with Gasteiger partial charge in [0.2, 0.25) is 0 Å². The molecule has 0 aliphatic carbocycles. The molecule has 9 nitrogen and oxygen atoms in total. The van der Waals surface area contributed by atoms with Gasteiger partial charge in [-0.15, -0.1) is 0 Å². The van der Waals surface area contributed by atoms with Crippen molar-refractivity contribution < 1.29 is 9.18 Å². The number of anilines is 1. The number of halogens is 1. The molecule has 5 aromatic rings. The molecule has 0 spiro atoms. The van der Waals surface area contributed by atoms with Gasteiger partial charge in [-0.25, -0.2) is 28.8 Å². The number of fused-ring (bicyclic) bond motifs is 1. The summed E-state index contributed by atoms with van der Waals surface area (Å²) in [5.74, 6) is 1.35. The number of rotatable bonds is 3. The molecule has 174 valence electrons. The number of aromatic nitrogens is 7. The number of benzene rings is 1. The second kappa shape index (κ2) is 10.9. The van der Waals surface area contributed by atoms with Crippen LogP contribution in [0.25, 0.3) is 28.3 Å². The summed E-state index contributed by atoms with van der Waals surface area (Å²) < 4.78 is 17.0. The third-order valence-corrected chi connectivity index (χ3v) is 4.99. The van der Waals surface area contributed by atoms with Crippen LogP contribution in [0.15, 0.2) is 61.2 Å². The maximum Gasteiger partial charge on any atom is 0.156 e. The normalized spacial score (nSPS) is 10.1. The fraction of sp³-hybridized carbons (Fsp3) is 0.167. The smallest absolute Gasteiger partial charge is 0.156 e. The molecule has 5 rings (SSSR count). The third kappa shape index (κ3) is 5.29. The van der Waals surface area contributed by atoms with Gasteiger partial charge in [-0.1, -0.05) is 0 Å². The second-order valence-electron chi connectivity index (χ2n) is 7.17. The Morgan fingerprint density at radius 2 is 1.74 bits per heavy atom. The Morgan fingerprint density at radius 1 is 1.00 bits per heavy atom. The average Bonchev–Trinajstić information content (AvgIpc) is 3.41. The lowest BCUT2D eigenvalue weighted by Crippen LogP contribution is -2.00. The van der Waals surface area contributed by atoms with E-state index in [1.165, 1.54) is 18.5 Å². The number of nitrogens with zero attached hydrogens (tertiary/aromatic N) is 7. The van der Waals surface area contributed by atoms with Crippen LogP contribution in [0, 0.1) is 19.7 Å². The lowest BCUT2D eigenvalue weighted by molar-refractivity contribution is -0.0979. The molecule has 0 aliphatic heterocycles. The third-order valence-electron chi connectivity index (χ3n) is 4.99. The summed E-state index contributed by atoms with van der Waals surface area (Å²) in [6, 6.07) is 12.0. The van der Waals surface area contributed by atoms with Crippen LogP contribution < -0.4 is 5.32 Å². The number of carbonyl (C=O) groups excluding carboxylic acids is 1. The number of imidazole rings is 2. The van der Waals surface area contributed by atoms with Crippen molar-refractivity contribution in [3.8, 4) is 22.6 Å². The van der Waals surface area contributed by atoms with Crippen LogP contribution in [0.4, 0.5) is 10.2 Å².